The van der Waals surface area contributed by atoms with Crippen LogP contribution in [0.15, 0.2) is 35.2 Å². The van der Waals surface area contributed by atoms with Gasteiger partial charge in [-0.05, 0) is 24.3 Å². The Morgan fingerprint density at radius 3 is 2.42 bits per heavy atom. The van der Waals surface area contributed by atoms with Crippen molar-refractivity contribution in [1.29, 1.82) is 0 Å². The minimum Gasteiger partial charge on any atom is -0.457 e. The van der Waals surface area contributed by atoms with Crippen LogP contribution in [-0.2, 0) is 16.4 Å². The number of sulfone groups is 1. The molecule has 2 aromatic carbocycles. The van der Waals surface area contributed by atoms with Crippen molar-refractivity contribution in [2.24, 2.45) is 0 Å². The monoisotopic (exact) mass is 380 g/mol. The third-order valence-corrected chi connectivity index (χ3v) is 4.51. The number of hydrogen-bond donors (Lipinski definition) is 1. The highest BCUT2D eigenvalue weighted by Gasteiger charge is 2.25. The standard InChI is InChI=1S/C15H12ClF3O4S/c1-24(21,22)13-3-2-12(14(15(18)19)11(13)7-20)23-10-5-8(16)4-9(17)6-10/h2-6,15,20H,7H2,1H3. The second-order valence-electron chi connectivity index (χ2n) is 4.89. The smallest absolute Gasteiger partial charge is 0.267 e. The molecule has 130 valence electrons. The number of halogens is 4. The molecule has 0 unspecified atom stereocenters. The molecule has 0 aliphatic carbocycles. The Labute approximate surface area is 141 Å². The molecular formula is C15H12ClF3O4S. The fourth-order valence-corrected chi connectivity index (χ4v) is 3.33. The highest BCUT2D eigenvalue weighted by atomic mass is 35.5. The van der Waals surface area contributed by atoms with Gasteiger partial charge in [0.05, 0.1) is 17.1 Å². The summed E-state index contributed by atoms with van der Waals surface area (Å²) in [6.07, 6.45) is -2.28. The second kappa shape index (κ2) is 7.00. The quantitative estimate of drug-likeness (QED) is 0.848. The molecule has 0 aliphatic rings. The number of aliphatic hydroxyl groups is 1. The van der Waals surface area contributed by atoms with Crippen LogP contribution in [0.5, 0.6) is 11.5 Å². The Hall–Kier alpha value is -1.77. The fraction of sp³-hybridized carbons (Fsp3) is 0.200. The van der Waals surface area contributed by atoms with E-state index in [2.05, 4.69) is 0 Å². The molecule has 0 saturated heterocycles. The predicted octanol–water partition coefficient (Wildman–Crippen LogP) is 4.10. The van der Waals surface area contributed by atoms with E-state index in [4.69, 9.17) is 16.3 Å². The first kappa shape index (κ1) is 18.6. The molecule has 0 aliphatic heterocycles. The minimum atomic E-state index is -3.83. The van der Waals surface area contributed by atoms with Gasteiger partial charge in [-0.25, -0.2) is 21.6 Å². The lowest BCUT2D eigenvalue weighted by molar-refractivity contribution is 0.143. The first-order valence-corrected chi connectivity index (χ1v) is 8.79. The van der Waals surface area contributed by atoms with Crippen molar-refractivity contribution in [2.75, 3.05) is 6.26 Å². The molecule has 0 bridgehead atoms. The van der Waals surface area contributed by atoms with Crippen molar-refractivity contribution in [3.8, 4) is 11.5 Å². The van der Waals surface area contributed by atoms with Crippen molar-refractivity contribution < 1.29 is 31.4 Å². The first-order chi connectivity index (χ1) is 11.1. The lowest BCUT2D eigenvalue weighted by Crippen LogP contribution is -2.08. The maximum atomic E-state index is 13.4. The predicted molar refractivity (Wildman–Crippen MR) is 81.9 cm³/mol. The third-order valence-electron chi connectivity index (χ3n) is 3.11. The van der Waals surface area contributed by atoms with Crippen LogP contribution in [0.1, 0.15) is 17.6 Å². The van der Waals surface area contributed by atoms with E-state index in [0.29, 0.717) is 0 Å². The molecule has 2 aromatic rings. The number of hydrogen-bond acceptors (Lipinski definition) is 4. The summed E-state index contributed by atoms with van der Waals surface area (Å²) in [7, 11) is -3.83. The Morgan fingerprint density at radius 2 is 1.92 bits per heavy atom. The summed E-state index contributed by atoms with van der Waals surface area (Å²) in [6.45, 7) is -0.927. The summed E-state index contributed by atoms with van der Waals surface area (Å²) in [6, 6.07) is 5.22. The van der Waals surface area contributed by atoms with Gasteiger partial charge in [0.2, 0.25) is 0 Å². The molecule has 0 aromatic heterocycles. The van der Waals surface area contributed by atoms with Gasteiger partial charge >= 0.3 is 0 Å². The molecule has 0 fully saturated rings. The molecule has 0 heterocycles. The van der Waals surface area contributed by atoms with Gasteiger partial charge in [-0.1, -0.05) is 11.6 Å². The summed E-state index contributed by atoms with van der Waals surface area (Å²) in [5.74, 6) is -1.27. The highest BCUT2D eigenvalue weighted by Crippen LogP contribution is 2.38. The maximum Gasteiger partial charge on any atom is 0.267 e. The molecule has 24 heavy (non-hydrogen) atoms. The van der Waals surface area contributed by atoms with E-state index in [1.807, 2.05) is 0 Å². The van der Waals surface area contributed by atoms with Gasteiger partial charge in [0.1, 0.15) is 17.3 Å². The van der Waals surface area contributed by atoms with Crippen LogP contribution < -0.4 is 4.74 Å². The molecule has 0 radical (unpaired) electrons. The van der Waals surface area contributed by atoms with Crippen LogP contribution in [0.3, 0.4) is 0 Å². The minimum absolute atomic E-state index is 0.00117. The van der Waals surface area contributed by atoms with Crippen molar-refractivity contribution in [3.05, 3.63) is 52.3 Å². The zero-order valence-electron chi connectivity index (χ0n) is 12.3. The number of benzene rings is 2. The van der Waals surface area contributed by atoms with E-state index < -0.39 is 50.5 Å². The summed E-state index contributed by atoms with van der Waals surface area (Å²) in [4.78, 5) is -0.426. The fourth-order valence-electron chi connectivity index (χ4n) is 2.18. The van der Waals surface area contributed by atoms with Crippen molar-refractivity contribution in [3.63, 3.8) is 0 Å². The summed E-state index contributed by atoms with van der Waals surface area (Å²) in [5, 5.41) is 9.35. The van der Waals surface area contributed by atoms with Crippen molar-refractivity contribution in [2.45, 2.75) is 17.9 Å². The van der Waals surface area contributed by atoms with Gasteiger partial charge in [0.25, 0.3) is 6.43 Å². The Bertz CT molecular complexity index is 849. The molecule has 4 nitrogen and oxygen atoms in total. The summed E-state index contributed by atoms with van der Waals surface area (Å²) < 4.78 is 68.8. The van der Waals surface area contributed by atoms with Crippen LogP contribution in [0.4, 0.5) is 13.2 Å². The molecule has 0 atom stereocenters. The van der Waals surface area contributed by atoms with Crippen molar-refractivity contribution >= 4 is 21.4 Å². The van der Waals surface area contributed by atoms with Crippen LogP contribution in [0, 0.1) is 5.82 Å². The van der Waals surface area contributed by atoms with E-state index in [1.54, 1.807) is 0 Å². The van der Waals surface area contributed by atoms with Gasteiger partial charge < -0.3 is 9.84 Å². The molecular weight excluding hydrogens is 369 g/mol. The number of rotatable bonds is 5. The van der Waals surface area contributed by atoms with Crippen LogP contribution >= 0.6 is 11.6 Å². The third kappa shape index (κ3) is 4.00. The van der Waals surface area contributed by atoms with Gasteiger partial charge in [-0.15, -0.1) is 0 Å². The first-order valence-electron chi connectivity index (χ1n) is 6.52. The van der Waals surface area contributed by atoms with Crippen molar-refractivity contribution in [1.82, 2.24) is 0 Å². The topological polar surface area (TPSA) is 63.6 Å². The van der Waals surface area contributed by atoms with E-state index in [9.17, 15) is 26.7 Å². The van der Waals surface area contributed by atoms with Gasteiger partial charge in [0.15, 0.2) is 9.84 Å². The number of alkyl halides is 2. The summed E-state index contributed by atoms with van der Waals surface area (Å²) in [5.41, 5.74) is -1.24. The molecule has 0 saturated carbocycles. The SMILES string of the molecule is CS(=O)(=O)c1ccc(Oc2cc(F)cc(Cl)c2)c(C(F)F)c1CO. The van der Waals surface area contributed by atoms with E-state index in [-0.39, 0.29) is 10.8 Å². The van der Waals surface area contributed by atoms with Gasteiger partial charge in [-0.2, -0.15) is 0 Å². The molecule has 0 amide bonds. The van der Waals surface area contributed by atoms with Crippen LogP contribution in [0.25, 0.3) is 0 Å². The highest BCUT2D eigenvalue weighted by molar-refractivity contribution is 7.90. The number of ether oxygens (including phenoxy) is 1. The van der Waals surface area contributed by atoms with Crippen LogP contribution in [-0.4, -0.2) is 19.8 Å². The van der Waals surface area contributed by atoms with Crippen LogP contribution in [0.2, 0.25) is 5.02 Å². The maximum absolute atomic E-state index is 13.4. The lowest BCUT2D eigenvalue weighted by atomic mass is 10.1. The zero-order chi connectivity index (χ0) is 18.1. The Balaban J connectivity index is 2.62. The largest absolute Gasteiger partial charge is 0.457 e. The average Bonchev–Trinajstić information content (AvgIpc) is 2.43. The number of aliphatic hydroxyl groups excluding tert-OH is 1. The van der Waals surface area contributed by atoms with E-state index in [0.717, 1.165) is 30.5 Å². The zero-order valence-corrected chi connectivity index (χ0v) is 13.8. The Kier molecular flexibility index (Phi) is 5.42. The van der Waals surface area contributed by atoms with Gasteiger partial charge in [0, 0.05) is 22.9 Å². The Morgan fingerprint density at radius 1 is 1.25 bits per heavy atom. The van der Waals surface area contributed by atoms with E-state index in [1.165, 1.54) is 6.07 Å². The van der Waals surface area contributed by atoms with Gasteiger partial charge in [-0.3, -0.25) is 0 Å². The molecule has 0 spiro atoms. The summed E-state index contributed by atoms with van der Waals surface area (Å²) >= 11 is 5.67. The van der Waals surface area contributed by atoms with E-state index >= 15 is 0 Å². The average molecular weight is 381 g/mol. The second-order valence-corrected chi connectivity index (χ2v) is 7.31. The molecule has 2 rings (SSSR count). The normalized spacial score (nSPS) is 11.8. The molecule has 1 N–H and O–H groups in total. The molecule has 9 heteroatoms. The lowest BCUT2D eigenvalue weighted by Gasteiger charge is -2.17.